The lowest BCUT2D eigenvalue weighted by Crippen LogP contribution is -2.47. The summed E-state index contributed by atoms with van der Waals surface area (Å²) in [6, 6.07) is 5.93. The molecular weight excluding hydrogens is 378 g/mol. The molecule has 0 aliphatic carbocycles. The maximum Gasteiger partial charge on any atom is 0.259 e. The van der Waals surface area contributed by atoms with Crippen LogP contribution in [-0.4, -0.2) is 53.0 Å². The van der Waals surface area contributed by atoms with Gasteiger partial charge in [-0.05, 0) is 32.0 Å². The zero-order chi connectivity index (χ0) is 19.3. The summed E-state index contributed by atoms with van der Waals surface area (Å²) in [5, 5.41) is 4.73. The van der Waals surface area contributed by atoms with Gasteiger partial charge in [0.05, 0.1) is 40.4 Å². The van der Waals surface area contributed by atoms with E-state index in [1.807, 2.05) is 36.9 Å². The number of pyridine rings is 1. The number of fused-ring (bicyclic) bond motifs is 1. The van der Waals surface area contributed by atoms with Crippen LogP contribution in [0.4, 0.5) is 0 Å². The molecule has 0 unspecified atom stereocenters. The predicted octanol–water partition coefficient (Wildman–Crippen LogP) is 3.55. The monoisotopic (exact) mass is 399 g/mol. The number of carbonyl (C=O) groups is 1. The fraction of sp³-hybridized carbons (Fsp3) is 0.450. The highest BCUT2D eigenvalue weighted by molar-refractivity contribution is 7.15. The Labute approximate surface area is 166 Å². The maximum absolute atomic E-state index is 13.4. The summed E-state index contributed by atoms with van der Waals surface area (Å²) in [7, 11) is 0. The summed E-state index contributed by atoms with van der Waals surface area (Å²) in [6.07, 6.45) is 1.37. The summed E-state index contributed by atoms with van der Waals surface area (Å²) in [4.78, 5) is 22.1. The van der Waals surface area contributed by atoms with Crippen molar-refractivity contribution < 1.29 is 18.8 Å². The zero-order valence-electron chi connectivity index (χ0n) is 15.9. The molecule has 1 spiro atoms. The molecule has 2 fully saturated rings. The van der Waals surface area contributed by atoms with Crippen LogP contribution < -0.4 is 0 Å². The normalized spacial score (nSPS) is 19.0. The molecule has 7 nitrogen and oxygen atoms in total. The number of aryl methyl sites for hydroxylation is 2. The number of piperidine rings is 1. The van der Waals surface area contributed by atoms with Gasteiger partial charge in [-0.1, -0.05) is 5.16 Å². The second-order valence-electron chi connectivity index (χ2n) is 7.31. The van der Waals surface area contributed by atoms with E-state index in [1.54, 1.807) is 11.3 Å². The third kappa shape index (κ3) is 2.92. The molecule has 0 aromatic carbocycles. The molecular formula is C20H21N3O4S. The number of amides is 1. The average molecular weight is 399 g/mol. The van der Waals surface area contributed by atoms with Crippen molar-refractivity contribution in [3.63, 3.8) is 0 Å². The van der Waals surface area contributed by atoms with Crippen molar-refractivity contribution in [2.24, 2.45) is 0 Å². The topological polar surface area (TPSA) is 77.7 Å². The summed E-state index contributed by atoms with van der Waals surface area (Å²) in [6.45, 7) is 6.34. The fourth-order valence-corrected chi connectivity index (χ4v) is 4.80. The Kier molecular flexibility index (Phi) is 4.22. The summed E-state index contributed by atoms with van der Waals surface area (Å²) in [5.41, 5.74) is 2.41. The van der Waals surface area contributed by atoms with Crippen molar-refractivity contribution in [2.45, 2.75) is 32.5 Å². The van der Waals surface area contributed by atoms with E-state index in [0.717, 1.165) is 10.6 Å². The summed E-state index contributed by atoms with van der Waals surface area (Å²) < 4.78 is 17.0. The van der Waals surface area contributed by atoms with Crippen molar-refractivity contribution in [1.29, 1.82) is 0 Å². The van der Waals surface area contributed by atoms with Crippen LogP contribution in [0.1, 0.15) is 33.8 Å². The molecule has 2 aliphatic rings. The van der Waals surface area contributed by atoms with Gasteiger partial charge in [0.2, 0.25) is 0 Å². The van der Waals surface area contributed by atoms with Crippen LogP contribution in [0, 0.1) is 13.8 Å². The van der Waals surface area contributed by atoms with Gasteiger partial charge in [0.15, 0.2) is 5.79 Å². The number of thiophene rings is 1. The average Bonchev–Trinajstić information content (AvgIpc) is 3.43. The standard InChI is InChI=1S/C20H21N3O4S/c1-12-3-4-16(28-12)15-11-14(17-13(2)22-27-18(17)21-15)19(24)23-7-5-20(6-8-23)25-9-10-26-20/h3-4,11H,5-10H2,1-2H3. The van der Waals surface area contributed by atoms with E-state index in [0.29, 0.717) is 61.5 Å². The number of aromatic nitrogens is 2. The molecule has 5 rings (SSSR count). The van der Waals surface area contributed by atoms with Gasteiger partial charge in [0.25, 0.3) is 11.6 Å². The Morgan fingerprint density at radius 2 is 1.93 bits per heavy atom. The van der Waals surface area contributed by atoms with Gasteiger partial charge >= 0.3 is 0 Å². The van der Waals surface area contributed by atoms with E-state index >= 15 is 0 Å². The molecule has 0 N–H and O–H groups in total. The molecule has 2 aliphatic heterocycles. The molecule has 8 heteroatoms. The minimum atomic E-state index is -0.503. The summed E-state index contributed by atoms with van der Waals surface area (Å²) >= 11 is 1.64. The molecule has 3 aromatic heterocycles. The Morgan fingerprint density at radius 3 is 2.61 bits per heavy atom. The van der Waals surface area contributed by atoms with Gasteiger partial charge in [-0.3, -0.25) is 4.79 Å². The molecule has 1 amide bonds. The number of hydrogen-bond donors (Lipinski definition) is 0. The first-order valence-corrected chi connectivity index (χ1v) is 10.3. The van der Waals surface area contributed by atoms with Gasteiger partial charge in [0, 0.05) is 30.8 Å². The molecule has 146 valence electrons. The Bertz CT molecular complexity index is 1040. The van der Waals surface area contributed by atoms with Gasteiger partial charge in [0.1, 0.15) is 0 Å². The van der Waals surface area contributed by atoms with Gasteiger partial charge in [-0.25, -0.2) is 4.98 Å². The van der Waals surface area contributed by atoms with E-state index in [1.165, 1.54) is 4.88 Å². The van der Waals surface area contributed by atoms with Crippen molar-refractivity contribution in [3.8, 4) is 10.6 Å². The molecule has 28 heavy (non-hydrogen) atoms. The zero-order valence-corrected chi connectivity index (χ0v) is 16.7. The van der Waals surface area contributed by atoms with Crippen LogP contribution in [0.15, 0.2) is 22.7 Å². The van der Waals surface area contributed by atoms with Crippen LogP contribution in [0.2, 0.25) is 0 Å². The van der Waals surface area contributed by atoms with Crippen LogP contribution in [0.5, 0.6) is 0 Å². The highest BCUT2D eigenvalue weighted by atomic mass is 32.1. The van der Waals surface area contributed by atoms with Crippen LogP contribution in [0.25, 0.3) is 21.7 Å². The van der Waals surface area contributed by atoms with Gasteiger partial charge in [-0.2, -0.15) is 0 Å². The molecule has 0 bridgehead atoms. The van der Waals surface area contributed by atoms with Crippen molar-refractivity contribution >= 4 is 28.3 Å². The summed E-state index contributed by atoms with van der Waals surface area (Å²) in [5.74, 6) is -0.530. The Hall–Kier alpha value is -2.29. The largest absolute Gasteiger partial charge is 0.347 e. The molecule has 3 aromatic rings. The molecule has 0 atom stereocenters. The number of likely N-dealkylation sites (tertiary alicyclic amines) is 1. The molecule has 2 saturated heterocycles. The first-order valence-electron chi connectivity index (χ1n) is 9.46. The fourth-order valence-electron chi connectivity index (χ4n) is 3.97. The van der Waals surface area contributed by atoms with Gasteiger partial charge < -0.3 is 18.9 Å². The Morgan fingerprint density at radius 1 is 1.18 bits per heavy atom. The highest BCUT2D eigenvalue weighted by Crippen LogP contribution is 2.34. The second-order valence-corrected chi connectivity index (χ2v) is 8.60. The minimum Gasteiger partial charge on any atom is -0.347 e. The number of nitrogens with zero attached hydrogens (tertiary/aromatic N) is 3. The molecule has 0 saturated carbocycles. The number of ether oxygens (including phenoxy) is 2. The lowest BCUT2D eigenvalue weighted by atomic mass is 10.0. The number of carbonyl (C=O) groups excluding carboxylic acids is 1. The highest BCUT2D eigenvalue weighted by Gasteiger charge is 2.41. The van der Waals surface area contributed by atoms with Crippen molar-refractivity contribution in [2.75, 3.05) is 26.3 Å². The SMILES string of the molecule is Cc1ccc(-c2cc(C(=O)N3CCC4(CC3)OCCO4)c3c(C)noc3n2)s1. The van der Waals surface area contributed by atoms with Crippen molar-refractivity contribution in [3.05, 3.63) is 34.3 Å². The van der Waals surface area contributed by atoms with Gasteiger partial charge in [-0.15, -0.1) is 11.3 Å². The van der Waals surface area contributed by atoms with Crippen LogP contribution in [-0.2, 0) is 9.47 Å². The van der Waals surface area contributed by atoms with Crippen LogP contribution >= 0.6 is 11.3 Å². The predicted molar refractivity (Wildman–Crippen MR) is 104 cm³/mol. The molecule has 5 heterocycles. The van der Waals surface area contributed by atoms with E-state index in [4.69, 9.17) is 14.0 Å². The number of rotatable bonds is 2. The quantitative estimate of drug-likeness (QED) is 0.656. The molecule has 0 radical (unpaired) electrons. The van der Waals surface area contributed by atoms with E-state index in [2.05, 4.69) is 10.1 Å². The third-order valence-corrected chi connectivity index (χ3v) is 6.49. The second kappa shape index (κ2) is 6.65. The van der Waals surface area contributed by atoms with Crippen LogP contribution in [0.3, 0.4) is 0 Å². The maximum atomic E-state index is 13.4. The van der Waals surface area contributed by atoms with E-state index in [-0.39, 0.29) is 5.91 Å². The van der Waals surface area contributed by atoms with E-state index < -0.39 is 5.79 Å². The number of hydrogen-bond acceptors (Lipinski definition) is 7. The first-order chi connectivity index (χ1) is 13.5. The lowest BCUT2D eigenvalue weighted by molar-refractivity contribution is -0.181. The smallest absolute Gasteiger partial charge is 0.259 e. The third-order valence-electron chi connectivity index (χ3n) is 5.47. The Balaban J connectivity index is 1.50. The first kappa shape index (κ1) is 17.8. The van der Waals surface area contributed by atoms with Crippen molar-refractivity contribution in [1.82, 2.24) is 15.0 Å². The lowest BCUT2D eigenvalue weighted by Gasteiger charge is -2.37. The van der Waals surface area contributed by atoms with E-state index in [9.17, 15) is 4.79 Å². The minimum absolute atomic E-state index is 0.0268.